The molecule has 0 atom stereocenters. The fraction of sp³-hybridized carbons (Fsp3) is 0.0833. The average Bonchev–Trinajstić information content (AvgIpc) is 2.27. The van der Waals surface area contributed by atoms with Gasteiger partial charge in [0.25, 0.3) is 0 Å². The third-order valence-corrected chi connectivity index (χ3v) is 2.41. The van der Waals surface area contributed by atoms with E-state index in [0.717, 1.165) is 22.1 Å². The summed E-state index contributed by atoms with van der Waals surface area (Å²) in [6, 6.07) is 11.5. The highest BCUT2D eigenvalue weighted by Gasteiger charge is 2.05. The molecular weight excluding hydrogens is 186 g/mol. The number of nitrogen functional groups attached to an aromatic ring is 1. The van der Waals surface area contributed by atoms with Gasteiger partial charge in [0.05, 0.1) is 11.6 Å². The van der Waals surface area contributed by atoms with Gasteiger partial charge in [-0.1, -0.05) is 12.1 Å². The zero-order valence-corrected chi connectivity index (χ0v) is 8.41. The summed E-state index contributed by atoms with van der Waals surface area (Å²) in [5, 5.41) is 13.9. The molecule has 2 rings (SSSR count). The van der Waals surface area contributed by atoms with Crippen LogP contribution >= 0.6 is 0 Å². The van der Waals surface area contributed by atoms with Crippen molar-refractivity contribution in [3.63, 3.8) is 0 Å². The molecule has 0 aliphatic carbocycles. The minimum Gasteiger partial charge on any atom is -0.398 e. The average molecular weight is 197 g/mol. The van der Waals surface area contributed by atoms with E-state index >= 15 is 0 Å². The van der Waals surface area contributed by atoms with Gasteiger partial charge < -0.3 is 11.1 Å². The normalized spacial score (nSPS) is 9.87. The van der Waals surface area contributed by atoms with Crippen molar-refractivity contribution in [3.05, 3.63) is 35.9 Å². The molecule has 15 heavy (non-hydrogen) atoms. The van der Waals surface area contributed by atoms with Gasteiger partial charge in [0.1, 0.15) is 0 Å². The van der Waals surface area contributed by atoms with Gasteiger partial charge in [-0.15, -0.1) is 0 Å². The summed E-state index contributed by atoms with van der Waals surface area (Å²) < 4.78 is 0. The van der Waals surface area contributed by atoms with E-state index in [1.807, 2.05) is 31.3 Å². The van der Waals surface area contributed by atoms with Crippen LogP contribution in [0.2, 0.25) is 0 Å². The zero-order valence-electron chi connectivity index (χ0n) is 8.41. The molecule has 0 amide bonds. The van der Waals surface area contributed by atoms with E-state index in [-0.39, 0.29) is 0 Å². The second-order valence-electron chi connectivity index (χ2n) is 3.33. The number of nitrogens with two attached hydrogens (primary N) is 1. The highest BCUT2D eigenvalue weighted by molar-refractivity contribution is 6.03. The molecular formula is C12H11N3. The number of hydrogen-bond acceptors (Lipinski definition) is 3. The first-order valence-electron chi connectivity index (χ1n) is 4.66. The fourth-order valence-electron chi connectivity index (χ4n) is 1.72. The van der Waals surface area contributed by atoms with Crippen molar-refractivity contribution >= 4 is 22.1 Å². The monoisotopic (exact) mass is 197 g/mol. The molecule has 0 saturated heterocycles. The lowest BCUT2D eigenvalue weighted by Crippen LogP contribution is -1.94. The van der Waals surface area contributed by atoms with E-state index in [0.29, 0.717) is 5.56 Å². The van der Waals surface area contributed by atoms with E-state index in [2.05, 4.69) is 11.4 Å². The van der Waals surface area contributed by atoms with Crippen LogP contribution < -0.4 is 11.1 Å². The van der Waals surface area contributed by atoms with Gasteiger partial charge in [-0.2, -0.15) is 5.26 Å². The molecule has 3 N–H and O–H groups in total. The Hall–Kier alpha value is -2.21. The second-order valence-corrected chi connectivity index (χ2v) is 3.33. The molecule has 0 bridgehead atoms. The predicted octanol–water partition coefficient (Wildman–Crippen LogP) is 2.34. The van der Waals surface area contributed by atoms with Crippen LogP contribution in [0, 0.1) is 11.3 Å². The molecule has 0 unspecified atom stereocenters. The van der Waals surface area contributed by atoms with Gasteiger partial charge in [-0.3, -0.25) is 0 Å². The maximum atomic E-state index is 8.88. The number of fused-ring (bicyclic) bond motifs is 1. The van der Waals surface area contributed by atoms with Crippen LogP contribution in [0.3, 0.4) is 0 Å². The zero-order chi connectivity index (χ0) is 10.8. The van der Waals surface area contributed by atoms with Gasteiger partial charge in [0, 0.05) is 23.8 Å². The van der Waals surface area contributed by atoms with E-state index < -0.39 is 0 Å². The summed E-state index contributed by atoms with van der Waals surface area (Å²) in [6.07, 6.45) is 0. The number of nitriles is 1. The SMILES string of the molecule is CNc1cc(C#N)cc2cccc(N)c12. The van der Waals surface area contributed by atoms with Crippen LogP contribution in [0.1, 0.15) is 5.56 Å². The summed E-state index contributed by atoms with van der Waals surface area (Å²) in [6.45, 7) is 0. The summed E-state index contributed by atoms with van der Waals surface area (Å²) in [7, 11) is 1.82. The number of hydrogen-bond donors (Lipinski definition) is 2. The fourth-order valence-corrected chi connectivity index (χ4v) is 1.72. The van der Waals surface area contributed by atoms with Crippen molar-refractivity contribution in [2.24, 2.45) is 0 Å². The van der Waals surface area contributed by atoms with Crippen LogP contribution in [-0.2, 0) is 0 Å². The highest BCUT2D eigenvalue weighted by Crippen LogP contribution is 2.29. The molecule has 0 aromatic heterocycles. The van der Waals surface area contributed by atoms with Crippen molar-refractivity contribution in [1.82, 2.24) is 0 Å². The number of rotatable bonds is 1. The largest absolute Gasteiger partial charge is 0.398 e. The second kappa shape index (κ2) is 3.50. The predicted molar refractivity (Wildman–Crippen MR) is 62.6 cm³/mol. The number of nitrogens with zero attached hydrogens (tertiary/aromatic N) is 1. The summed E-state index contributed by atoms with van der Waals surface area (Å²) >= 11 is 0. The summed E-state index contributed by atoms with van der Waals surface area (Å²) in [4.78, 5) is 0. The Morgan fingerprint density at radius 3 is 2.80 bits per heavy atom. The smallest absolute Gasteiger partial charge is 0.0992 e. The van der Waals surface area contributed by atoms with Crippen LogP contribution in [0.5, 0.6) is 0 Å². The number of anilines is 2. The third-order valence-electron chi connectivity index (χ3n) is 2.41. The molecule has 0 aliphatic rings. The van der Waals surface area contributed by atoms with Crippen molar-refractivity contribution in [2.45, 2.75) is 0 Å². The highest BCUT2D eigenvalue weighted by atomic mass is 14.8. The Labute approximate surface area is 88.1 Å². The Balaban J connectivity index is 2.88. The van der Waals surface area contributed by atoms with Crippen molar-refractivity contribution < 1.29 is 0 Å². The number of nitrogens with one attached hydrogen (secondary N) is 1. The third kappa shape index (κ3) is 1.46. The maximum absolute atomic E-state index is 8.88. The first-order valence-corrected chi connectivity index (χ1v) is 4.66. The van der Waals surface area contributed by atoms with Crippen LogP contribution in [0.15, 0.2) is 30.3 Å². The maximum Gasteiger partial charge on any atom is 0.0992 e. The summed E-state index contributed by atoms with van der Waals surface area (Å²) in [5.74, 6) is 0. The van der Waals surface area contributed by atoms with Gasteiger partial charge >= 0.3 is 0 Å². The molecule has 3 heteroatoms. The van der Waals surface area contributed by atoms with E-state index in [1.54, 1.807) is 6.07 Å². The molecule has 2 aromatic carbocycles. The topological polar surface area (TPSA) is 61.8 Å². The Bertz CT molecular complexity index is 553. The van der Waals surface area contributed by atoms with Gasteiger partial charge in [0.2, 0.25) is 0 Å². The Kier molecular flexibility index (Phi) is 2.18. The first kappa shape index (κ1) is 9.35. The standard InChI is InChI=1S/C12H11N3/c1-15-11-6-8(7-13)5-9-3-2-4-10(14)12(9)11/h2-6,15H,14H2,1H3. The Morgan fingerprint density at radius 2 is 2.13 bits per heavy atom. The molecule has 0 fully saturated rings. The van der Waals surface area contributed by atoms with E-state index in [4.69, 9.17) is 11.0 Å². The van der Waals surface area contributed by atoms with Gasteiger partial charge in [-0.05, 0) is 23.6 Å². The van der Waals surface area contributed by atoms with Gasteiger partial charge in [0.15, 0.2) is 0 Å². The van der Waals surface area contributed by atoms with Gasteiger partial charge in [-0.25, -0.2) is 0 Å². The Morgan fingerprint density at radius 1 is 1.33 bits per heavy atom. The minimum absolute atomic E-state index is 0.637. The van der Waals surface area contributed by atoms with Crippen LogP contribution in [0.25, 0.3) is 10.8 Å². The molecule has 0 aliphatic heterocycles. The quantitative estimate of drug-likeness (QED) is 0.690. The molecule has 3 nitrogen and oxygen atoms in total. The molecule has 74 valence electrons. The summed E-state index contributed by atoms with van der Waals surface area (Å²) in [5.41, 5.74) is 8.15. The minimum atomic E-state index is 0.637. The van der Waals surface area contributed by atoms with Crippen molar-refractivity contribution in [1.29, 1.82) is 5.26 Å². The lowest BCUT2D eigenvalue weighted by Gasteiger charge is -2.08. The van der Waals surface area contributed by atoms with Crippen LogP contribution in [0.4, 0.5) is 11.4 Å². The molecule has 0 spiro atoms. The van der Waals surface area contributed by atoms with Crippen molar-refractivity contribution in [3.8, 4) is 6.07 Å². The van der Waals surface area contributed by atoms with E-state index in [1.165, 1.54) is 0 Å². The first-order chi connectivity index (χ1) is 7.26. The van der Waals surface area contributed by atoms with Crippen molar-refractivity contribution in [2.75, 3.05) is 18.1 Å². The number of benzene rings is 2. The molecule has 0 radical (unpaired) electrons. The molecule has 2 aromatic rings. The van der Waals surface area contributed by atoms with E-state index in [9.17, 15) is 0 Å². The molecule has 0 heterocycles. The molecule has 0 saturated carbocycles. The lowest BCUT2D eigenvalue weighted by molar-refractivity contribution is 1.48. The van der Waals surface area contributed by atoms with Crippen LogP contribution in [-0.4, -0.2) is 7.05 Å². The lowest BCUT2D eigenvalue weighted by atomic mass is 10.0.